The molecule has 2 N–H and O–H groups in total. The van der Waals surface area contributed by atoms with Crippen LogP contribution in [0.1, 0.15) is 6.92 Å². The molecule has 0 saturated carbocycles. The number of carbonyl (C=O) groups excluding carboxylic acids is 2. The van der Waals surface area contributed by atoms with Crippen LogP contribution in [0.25, 0.3) is 0 Å². The van der Waals surface area contributed by atoms with E-state index in [1.807, 2.05) is 0 Å². The maximum absolute atomic E-state index is 13.6. The number of nitrogens with zero attached hydrogens (tertiary/aromatic N) is 3. The molecule has 1 aromatic carbocycles. The van der Waals surface area contributed by atoms with E-state index in [-0.39, 0.29) is 18.0 Å². The topological polar surface area (TPSA) is 112 Å². The number of hydrogen-bond donors (Lipinski definition) is 2. The number of aromatic nitrogens is 1. The summed E-state index contributed by atoms with van der Waals surface area (Å²) in [7, 11) is -3.68. The fourth-order valence-electron chi connectivity index (χ4n) is 3.28. The van der Waals surface area contributed by atoms with Gasteiger partial charge in [0, 0.05) is 38.6 Å². The highest BCUT2D eigenvalue weighted by molar-refractivity contribution is 7.89. The van der Waals surface area contributed by atoms with E-state index in [0.717, 1.165) is 6.07 Å². The first kappa shape index (κ1) is 24.6. The van der Waals surface area contributed by atoms with Gasteiger partial charge in [0.25, 0.3) is 0 Å². The van der Waals surface area contributed by atoms with Crippen molar-refractivity contribution in [3.8, 4) is 0 Å². The van der Waals surface area contributed by atoms with Gasteiger partial charge in [0.05, 0.1) is 18.3 Å². The predicted molar refractivity (Wildman–Crippen MR) is 112 cm³/mol. The molecule has 1 aliphatic rings. The summed E-state index contributed by atoms with van der Waals surface area (Å²) in [5.41, 5.74) is -0.549. The number of piperazine rings is 1. The molecule has 2 aromatic rings. The second kappa shape index (κ2) is 10.3. The second-order valence-electron chi connectivity index (χ2n) is 7.29. The molecule has 2 amide bonds. The van der Waals surface area contributed by atoms with E-state index in [1.54, 1.807) is 11.8 Å². The summed E-state index contributed by atoms with van der Waals surface area (Å²) < 4.78 is 66.5. The molecule has 0 aliphatic carbocycles. The maximum atomic E-state index is 13.6. The van der Waals surface area contributed by atoms with Gasteiger partial charge in [0.2, 0.25) is 21.8 Å². The smallest absolute Gasteiger partial charge is 0.244 e. The monoisotopic (exact) mass is 485 g/mol. The van der Waals surface area contributed by atoms with Crippen molar-refractivity contribution in [1.82, 2.24) is 19.5 Å². The van der Waals surface area contributed by atoms with Crippen molar-refractivity contribution in [2.24, 2.45) is 0 Å². The number of pyridine rings is 1. The molecule has 1 atom stereocenters. The molecular weight excluding hydrogens is 463 g/mol. The zero-order chi connectivity index (χ0) is 24.2. The molecule has 1 aliphatic heterocycles. The predicted octanol–water partition coefficient (Wildman–Crippen LogP) is 0.949. The summed E-state index contributed by atoms with van der Waals surface area (Å²) in [6.07, 6.45) is 2.75. The molecule has 1 aromatic heterocycles. The van der Waals surface area contributed by atoms with Crippen LogP contribution >= 0.6 is 0 Å². The molecule has 2 heterocycles. The number of rotatable bonds is 7. The number of carbonyl (C=O) groups is 2. The van der Waals surface area contributed by atoms with Crippen molar-refractivity contribution >= 4 is 27.5 Å². The van der Waals surface area contributed by atoms with E-state index in [1.165, 1.54) is 28.8 Å². The highest BCUT2D eigenvalue weighted by Crippen LogP contribution is 2.20. The Balaban J connectivity index is 1.49. The zero-order valence-corrected chi connectivity index (χ0v) is 18.4. The lowest BCUT2D eigenvalue weighted by Gasteiger charge is -2.36. The van der Waals surface area contributed by atoms with Crippen LogP contribution < -0.4 is 10.6 Å². The minimum absolute atomic E-state index is 0.0905. The lowest BCUT2D eigenvalue weighted by molar-refractivity contribution is -0.128. The summed E-state index contributed by atoms with van der Waals surface area (Å²) >= 11 is 0. The van der Waals surface area contributed by atoms with Crippen molar-refractivity contribution in [2.45, 2.75) is 17.9 Å². The van der Waals surface area contributed by atoms with Gasteiger partial charge in [-0.05, 0) is 31.2 Å². The van der Waals surface area contributed by atoms with Gasteiger partial charge in [-0.25, -0.2) is 21.6 Å². The van der Waals surface area contributed by atoms with Crippen LogP contribution in [0.5, 0.6) is 0 Å². The Bertz CT molecular complexity index is 1130. The number of nitrogens with one attached hydrogen (secondary N) is 2. The summed E-state index contributed by atoms with van der Waals surface area (Å²) in [5, 5.41) is 4.45. The molecule has 3 rings (SSSR count). The molecule has 0 radical (unpaired) electrons. The van der Waals surface area contributed by atoms with Gasteiger partial charge in [-0.2, -0.15) is 4.31 Å². The van der Waals surface area contributed by atoms with Gasteiger partial charge in [0.1, 0.15) is 4.90 Å². The minimum atomic E-state index is -3.68. The van der Waals surface area contributed by atoms with Gasteiger partial charge in [-0.15, -0.1) is 0 Å². The Morgan fingerprint density at radius 1 is 1.09 bits per heavy atom. The Morgan fingerprint density at radius 3 is 2.42 bits per heavy atom. The number of anilines is 1. The van der Waals surface area contributed by atoms with E-state index in [4.69, 9.17) is 0 Å². The first-order valence-corrected chi connectivity index (χ1v) is 11.4. The third-order valence-corrected chi connectivity index (χ3v) is 7.09. The van der Waals surface area contributed by atoms with Crippen LogP contribution in [0.15, 0.2) is 41.6 Å². The molecule has 9 nitrogen and oxygen atoms in total. The molecule has 0 spiro atoms. The van der Waals surface area contributed by atoms with Crippen molar-refractivity contribution in [3.63, 3.8) is 0 Å². The number of benzene rings is 1. The lowest BCUT2D eigenvalue weighted by atomic mass is 10.2. The number of hydrogen-bond acceptors (Lipinski definition) is 6. The van der Waals surface area contributed by atoms with Gasteiger partial charge < -0.3 is 10.6 Å². The first-order chi connectivity index (χ1) is 15.6. The van der Waals surface area contributed by atoms with E-state index < -0.39 is 57.6 Å². The number of sulfonamides is 1. The molecule has 178 valence electrons. The average Bonchev–Trinajstić information content (AvgIpc) is 2.83. The maximum Gasteiger partial charge on any atom is 0.244 e. The Labute approximate surface area is 188 Å². The number of halogens is 3. The zero-order valence-electron chi connectivity index (χ0n) is 17.6. The lowest BCUT2D eigenvalue weighted by Crippen LogP contribution is -2.55. The summed E-state index contributed by atoms with van der Waals surface area (Å²) in [5.74, 6) is -5.97. The fourth-order valence-corrected chi connectivity index (χ4v) is 4.66. The number of amides is 2. The average molecular weight is 485 g/mol. The third-order valence-electron chi connectivity index (χ3n) is 5.21. The van der Waals surface area contributed by atoms with Crippen molar-refractivity contribution in [1.29, 1.82) is 0 Å². The quantitative estimate of drug-likeness (QED) is 0.565. The molecule has 0 bridgehead atoms. The van der Waals surface area contributed by atoms with Gasteiger partial charge >= 0.3 is 0 Å². The largest absolute Gasteiger partial charge is 0.346 e. The second-order valence-corrected chi connectivity index (χ2v) is 9.23. The van der Waals surface area contributed by atoms with E-state index >= 15 is 0 Å². The Kier molecular flexibility index (Phi) is 7.66. The minimum Gasteiger partial charge on any atom is -0.346 e. The van der Waals surface area contributed by atoms with Crippen molar-refractivity contribution in [3.05, 3.63) is 54.1 Å². The van der Waals surface area contributed by atoms with Crippen molar-refractivity contribution in [2.75, 3.05) is 38.0 Å². The molecular formula is C20H22F3N5O4S. The molecule has 1 fully saturated rings. The van der Waals surface area contributed by atoms with Gasteiger partial charge in [0.15, 0.2) is 17.5 Å². The van der Waals surface area contributed by atoms with Crippen LogP contribution in [0.4, 0.5) is 18.9 Å². The van der Waals surface area contributed by atoms with E-state index in [2.05, 4.69) is 15.6 Å². The standard InChI is InChI=1S/C20H22F3N5O4S/c1-13(20(30)25-12-17(29)26-16-5-4-15(21)18(22)19(16)23)27-7-9-28(10-8-27)33(31,32)14-3-2-6-24-11-14/h2-6,11,13H,7-10,12H2,1H3,(H,25,30)(H,26,29). The van der Waals surface area contributed by atoms with Crippen molar-refractivity contribution < 1.29 is 31.2 Å². The molecule has 1 unspecified atom stereocenters. The van der Waals surface area contributed by atoms with Gasteiger partial charge in [-0.1, -0.05) is 0 Å². The van der Waals surface area contributed by atoms with Crippen LogP contribution in [0.2, 0.25) is 0 Å². The van der Waals surface area contributed by atoms with E-state index in [0.29, 0.717) is 19.2 Å². The summed E-state index contributed by atoms with van der Waals surface area (Å²) in [6, 6.07) is 3.87. The van der Waals surface area contributed by atoms with Crippen LogP contribution in [0.3, 0.4) is 0 Å². The first-order valence-electron chi connectivity index (χ1n) is 9.96. The summed E-state index contributed by atoms with van der Waals surface area (Å²) in [6.45, 7) is 2.01. The van der Waals surface area contributed by atoms with Crippen LogP contribution in [-0.4, -0.2) is 73.2 Å². The fraction of sp³-hybridized carbons (Fsp3) is 0.350. The van der Waals surface area contributed by atoms with E-state index in [9.17, 15) is 31.2 Å². The molecule has 13 heteroatoms. The molecule has 33 heavy (non-hydrogen) atoms. The Hall–Kier alpha value is -3.03. The highest BCUT2D eigenvalue weighted by atomic mass is 32.2. The summed E-state index contributed by atoms with van der Waals surface area (Å²) in [4.78, 5) is 30.0. The van der Waals surface area contributed by atoms with Gasteiger partial charge in [-0.3, -0.25) is 19.5 Å². The SMILES string of the molecule is CC(C(=O)NCC(=O)Nc1ccc(F)c(F)c1F)N1CCN(S(=O)(=O)c2cccnc2)CC1. The third kappa shape index (κ3) is 5.67. The molecule has 1 saturated heterocycles. The highest BCUT2D eigenvalue weighted by Gasteiger charge is 2.32. The normalized spacial score (nSPS) is 16.2. The van der Waals surface area contributed by atoms with Crippen LogP contribution in [0, 0.1) is 17.5 Å². The Morgan fingerprint density at radius 2 is 1.79 bits per heavy atom. The van der Waals surface area contributed by atoms with Crippen LogP contribution in [-0.2, 0) is 19.6 Å².